The Balaban J connectivity index is 1.35. The molecule has 27 heteroatoms. The van der Waals surface area contributed by atoms with Gasteiger partial charge in [-0.2, -0.15) is 4.31 Å². The molecule has 3 saturated heterocycles. The van der Waals surface area contributed by atoms with E-state index in [1.165, 1.54) is 17.2 Å². The predicted molar refractivity (Wildman–Crippen MR) is 177 cm³/mol. The van der Waals surface area contributed by atoms with Crippen molar-refractivity contribution in [3.8, 4) is 0 Å². The molecule has 7 unspecified atom stereocenters. The van der Waals surface area contributed by atoms with Crippen molar-refractivity contribution in [3.05, 3.63) is 12.7 Å². The van der Waals surface area contributed by atoms with Gasteiger partial charge >= 0.3 is 39.5 Å². The maximum Gasteiger partial charge on any atom is 0.483 e. The number of fused-ring (bicyclic) bond motifs is 2. The maximum absolute atomic E-state index is 13.3. The van der Waals surface area contributed by atoms with Gasteiger partial charge in [-0.15, -0.1) is 0 Å². The van der Waals surface area contributed by atoms with Crippen LogP contribution in [0.5, 0.6) is 0 Å². The Kier molecular flexibility index (Phi) is 13.0. The van der Waals surface area contributed by atoms with Gasteiger partial charge in [-0.3, -0.25) is 32.8 Å². The summed E-state index contributed by atoms with van der Waals surface area (Å²) in [5.41, 5.74) is 6.44. The molecule has 0 radical (unpaired) electrons. The van der Waals surface area contributed by atoms with Crippen LogP contribution in [0.25, 0.3) is 11.2 Å². The molecule has 3 aliphatic heterocycles. The summed E-state index contributed by atoms with van der Waals surface area (Å²) in [5.74, 6) is -6.76. The summed E-state index contributed by atoms with van der Waals surface area (Å²) in [6, 6.07) is 0. The standard InChI is InChI=1S/C29H39N5O20P2/c1-12(36)44-8-17(46-13(2)37)22-20(47-14(3)38)16(7-35)21(48-15(4)39)28(50-22)53-56(42,43)54-55(40,41)45-9-18-23-24(52-29(5,6)51-23)27(49-18)34-11-33-19-25(30)31-10-32-26(19)34/h7,10-11,16-18,20-24,27-28H,8-9H2,1-6H3,(H,40,41)(H,42,43)(H2,30,31,32)/t16?,17-,18-,20+,21?,22?,23?,24?,27-,28+/m1/s1. The zero-order valence-corrected chi connectivity index (χ0v) is 32.2. The Morgan fingerprint density at radius 2 is 1.61 bits per heavy atom. The molecule has 4 N–H and O–H groups in total. The Bertz CT molecular complexity index is 1930. The molecule has 2 aromatic rings. The van der Waals surface area contributed by atoms with Crippen LogP contribution in [0.2, 0.25) is 0 Å². The van der Waals surface area contributed by atoms with Crippen LogP contribution in [0, 0.1) is 5.92 Å². The van der Waals surface area contributed by atoms with E-state index in [1.807, 2.05) is 0 Å². The number of hydrogen-bond acceptors (Lipinski definition) is 22. The molecule has 310 valence electrons. The minimum Gasteiger partial charge on any atom is -0.462 e. The Hall–Kier alpha value is -4.00. The van der Waals surface area contributed by atoms with Crippen molar-refractivity contribution in [2.24, 2.45) is 5.92 Å². The van der Waals surface area contributed by atoms with Gasteiger partial charge in [0.2, 0.25) is 6.29 Å². The molecule has 0 saturated carbocycles. The van der Waals surface area contributed by atoms with E-state index in [-0.39, 0.29) is 23.3 Å². The van der Waals surface area contributed by atoms with Gasteiger partial charge in [0, 0.05) is 27.7 Å². The fourth-order valence-corrected chi connectivity index (χ4v) is 8.41. The van der Waals surface area contributed by atoms with Gasteiger partial charge in [-0.05, 0) is 13.8 Å². The Morgan fingerprint density at radius 3 is 2.23 bits per heavy atom. The lowest BCUT2D eigenvalue weighted by atomic mass is 9.87. The molecule has 3 fully saturated rings. The number of aromatic nitrogens is 4. The lowest BCUT2D eigenvalue weighted by molar-refractivity contribution is -0.283. The zero-order valence-electron chi connectivity index (χ0n) is 30.4. The Labute approximate surface area is 316 Å². The first-order chi connectivity index (χ1) is 26.1. The fraction of sp³-hybridized carbons (Fsp3) is 0.655. The van der Waals surface area contributed by atoms with Crippen molar-refractivity contribution in [1.82, 2.24) is 19.5 Å². The first-order valence-electron chi connectivity index (χ1n) is 16.5. The highest BCUT2D eigenvalue weighted by Gasteiger charge is 2.58. The number of nitrogen functional groups attached to an aromatic ring is 1. The number of nitrogens with two attached hydrogens (primary N) is 1. The van der Waals surface area contributed by atoms with Crippen molar-refractivity contribution < 1.29 is 94.1 Å². The molecule has 5 rings (SSSR count). The van der Waals surface area contributed by atoms with E-state index in [2.05, 4.69) is 19.3 Å². The third kappa shape index (κ3) is 10.1. The van der Waals surface area contributed by atoms with Crippen molar-refractivity contribution in [1.29, 1.82) is 0 Å². The third-order valence-electron chi connectivity index (χ3n) is 8.17. The van der Waals surface area contributed by atoms with Crippen LogP contribution in [0.15, 0.2) is 12.7 Å². The zero-order chi connectivity index (χ0) is 41.3. The summed E-state index contributed by atoms with van der Waals surface area (Å²) in [7, 11) is -11.5. The number of nitrogens with zero attached hydrogens (tertiary/aromatic N) is 4. The Morgan fingerprint density at radius 1 is 0.946 bits per heavy atom. The molecule has 56 heavy (non-hydrogen) atoms. The van der Waals surface area contributed by atoms with Crippen LogP contribution in [-0.2, 0) is 84.4 Å². The number of hydrogen-bond donors (Lipinski definition) is 3. The number of anilines is 1. The number of carbonyl (C=O) groups excluding carboxylic acids is 5. The van der Waals surface area contributed by atoms with Crippen molar-refractivity contribution in [2.45, 2.75) is 103 Å². The molecule has 5 heterocycles. The van der Waals surface area contributed by atoms with Crippen molar-refractivity contribution in [2.75, 3.05) is 18.9 Å². The number of ether oxygens (including phenoxy) is 8. The number of esters is 4. The normalized spacial score (nSPS) is 31.0. The van der Waals surface area contributed by atoms with Crippen LogP contribution in [0.1, 0.15) is 47.8 Å². The van der Waals surface area contributed by atoms with Gasteiger partial charge in [0.15, 0.2) is 35.7 Å². The molecule has 12 atom stereocenters. The largest absolute Gasteiger partial charge is 0.483 e. The SMILES string of the molecule is CC(=O)OC[C@@H](OC(C)=O)C1O[C@@H](OP(=O)(O)OP(=O)(O)OC[C@H]2O[C@@H](n3cnc4c(N)ncnc43)C3OC(C)(C)OC32)C(OC(C)=O)C(C=O)[C@@H]1OC(C)=O. The van der Waals surface area contributed by atoms with Crippen LogP contribution in [0.4, 0.5) is 5.82 Å². The van der Waals surface area contributed by atoms with Gasteiger partial charge in [0.05, 0.1) is 18.9 Å². The van der Waals surface area contributed by atoms with E-state index in [0.717, 1.165) is 27.7 Å². The first-order valence-corrected chi connectivity index (χ1v) is 19.5. The summed E-state index contributed by atoms with van der Waals surface area (Å²) in [6.45, 7) is 5.47. The summed E-state index contributed by atoms with van der Waals surface area (Å²) < 4.78 is 86.7. The molecule has 0 aromatic carbocycles. The molecule has 2 aromatic heterocycles. The summed E-state index contributed by atoms with van der Waals surface area (Å²) in [5, 5.41) is 0. The van der Waals surface area contributed by atoms with Gasteiger partial charge in [-0.25, -0.2) is 24.1 Å². The second kappa shape index (κ2) is 16.8. The van der Waals surface area contributed by atoms with Gasteiger partial charge in [0.25, 0.3) is 0 Å². The number of phosphoric acid groups is 2. The molecule has 0 spiro atoms. The first kappa shape index (κ1) is 43.1. The van der Waals surface area contributed by atoms with Crippen LogP contribution >= 0.6 is 15.6 Å². The molecular formula is C29H39N5O20P2. The van der Waals surface area contributed by atoms with Crippen molar-refractivity contribution in [3.63, 3.8) is 0 Å². The van der Waals surface area contributed by atoms with E-state index in [1.54, 1.807) is 13.8 Å². The lowest BCUT2D eigenvalue weighted by Crippen LogP contribution is -2.62. The highest BCUT2D eigenvalue weighted by atomic mass is 31.3. The van der Waals surface area contributed by atoms with Crippen LogP contribution in [0.3, 0.4) is 0 Å². The van der Waals surface area contributed by atoms with E-state index in [0.29, 0.717) is 0 Å². The highest BCUT2D eigenvalue weighted by Crippen LogP contribution is 2.62. The molecule has 0 amide bonds. The van der Waals surface area contributed by atoms with Crippen molar-refractivity contribution >= 4 is 62.8 Å². The van der Waals surface area contributed by atoms with Gasteiger partial charge < -0.3 is 58.2 Å². The lowest BCUT2D eigenvalue weighted by Gasteiger charge is -2.45. The molecular weight excluding hydrogens is 800 g/mol. The molecule has 0 aliphatic carbocycles. The number of aldehydes is 1. The molecule has 0 bridgehead atoms. The molecule has 3 aliphatic rings. The number of phosphoric ester groups is 2. The number of imidazole rings is 1. The number of carbonyl (C=O) groups is 5. The summed E-state index contributed by atoms with van der Waals surface area (Å²) in [6.07, 6.45) is -10.9. The smallest absolute Gasteiger partial charge is 0.462 e. The third-order valence-corrected chi connectivity index (χ3v) is 10.8. The maximum atomic E-state index is 13.3. The fourth-order valence-electron chi connectivity index (χ4n) is 6.25. The minimum atomic E-state index is -5.86. The van der Waals surface area contributed by atoms with Gasteiger partial charge in [0.1, 0.15) is 55.3 Å². The predicted octanol–water partition coefficient (Wildman–Crippen LogP) is -0.0252. The average Bonchev–Trinajstić information content (AvgIpc) is 3.73. The number of rotatable bonds is 15. The quantitative estimate of drug-likeness (QED) is 0.0917. The minimum absolute atomic E-state index is 0.0894. The van der Waals surface area contributed by atoms with Crippen LogP contribution in [-0.4, -0.2) is 127 Å². The van der Waals surface area contributed by atoms with E-state index in [9.17, 15) is 42.9 Å². The summed E-state index contributed by atoms with van der Waals surface area (Å²) >= 11 is 0. The topological polar surface area (TPSA) is 331 Å². The molecule has 25 nitrogen and oxygen atoms in total. The van der Waals surface area contributed by atoms with E-state index < -0.39 is 120 Å². The monoisotopic (exact) mass is 839 g/mol. The van der Waals surface area contributed by atoms with E-state index in [4.69, 9.17) is 52.7 Å². The second-order valence-electron chi connectivity index (χ2n) is 12.9. The highest BCUT2D eigenvalue weighted by molar-refractivity contribution is 7.61. The second-order valence-corrected chi connectivity index (χ2v) is 15.9. The van der Waals surface area contributed by atoms with Crippen LogP contribution < -0.4 is 5.73 Å². The summed E-state index contributed by atoms with van der Waals surface area (Å²) in [4.78, 5) is 93.8. The average molecular weight is 840 g/mol. The van der Waals surface area contributed by atoms with Gasteiger partial charge in [-0.1, -0.05) is 0 Å². The van der Waals surface area contributed by atoms with E-state index >= 15 is 0 Å².